The lowest BCUT2D eigenvalue weighted by molar-refractivity contribution is 0.0717. The molecule has 1 fully saturated rings. The summed E-state index contributed by atoms with van der Waals surface area (Å²) in [4.78, 5) is 5.07. The van der Waals surface area contributed by atoms with Gasteiger partial charge < -0.3 is 4.90 Å². The van der Waals surface area contributed by atoms with Gasteiger partial charge in [-0.05, 0) is 44.4 Å². The van der Waals surface area contributed by atoms with E-state index in [0.29, 0.717) is 11.8 Å². The highest BCUT2D eigenvalue weighted by atomic mass is 15.3. The predicted octanol–water partition coefficient (Wildman–Crippen LogP) is 5.18. The van der Waals surface area contributed by atoms with Crippen LogP contribution in [0, 0.1) is 17.3 Å². The van der Waals surface area contributed by atoms with Crippen LogP contribution in [-0.4, -0.2) is 41.5 Å². The smallest absolute Gasteiger partial charge is 0.0303 e. The number of hydrogen-bond acceptors (Lipinski definition) is 2. The second kappa shape index (κ2) is 7.42. The summed E-state index contributed by atoms with van der Waals surface area (Å²) in [6.07, 6.45) is 1.15. The molecule has 0 spiro atoms. The number of piperazine rings is 1. The summed E-state index contributed by atoms with van der Waals surface area (Å²) >= 11 is 0. The van der Waals surface area contributed by atoms with Gasteiger partial charge in [0.05, 0.1) is 0 Å². The van der Waals surface area contributed by atoms with Gasteiger partial charge in [-0.15, -0.1) is 0 Å². The van der Waals surface area contributed by atoms with Gasteiger partial charge in [-0.3, -0.25) is 4.90 Å². The molecule has 1 rings (SSSR count). The first-order valence-corrected chi connectivity index (χ1v) is 9.22. The third-order valence-corrected chi connectivity index (χ3v) is 5.47. The molecule has 0 radical (unpaired) electrons. The normalized spacial score (nSPS) is 20.3. The SMILES string of the molecule is C=C(C(C)CC(C)C(=C)C(C)(C)C)N1CCN(C(C)(C)C)CC1. The van der Waals surface area contributed by atoms with Crippen LogP contribution in [0.2, 0.25) is 0 Å². The highest BCUT2D eigenvalue weighted by molar-refractivity contribution is 5.11. The van der Waals surface area contributed by atoms with Crippen LogP contribution >= 0.6 is 0 Å². The Morgan fingerprint density at radius 1 is 0.870 bits per heavy atom. The summed E-state index contributed by atoms with van der Waals surface area (Å²) in [5, 5.41) is 0. The van der Waals surface area contributed by atoms with Crippen LogP contribution in [0.25, 0.3) is 0 Å². The van der Waals surface area contributed by atoms with Gasteiger partial charge in [0.25, 0.3) is 0 Å². The van der Waals surface area contributed by atoms with E-state index in [1.807, 2.05) is 0 Å². The second-order valence-electron chi connectivity index (χ2n) is 9.45. The fourth-order valence-corrected chi connectivity index (χ4v) is 3.52. The fraction of sp³-hybridized carbons (Fsp3) is 0.810. The first-order valence-electron chi connectivity index (χ1n) is 9.22. The number of nitrogens with zero attached hydrogens (tertiary/aromatic N) is 2. The molecule has 0 N–H and O–H groups in total. The number of allylic oxidation sites excluding steroid dienone is 2. The average Bonchev–Trinajstić information content (AvgIpc) is 2.43. The molecule has 2 nitrogen and oxygen atoms in total. The number of hydrogen-bond donors (Lipinski definition) is 0. The van der Waals surface area contributed by atoms with Crippen molar-refractivity contribution in [2.24, 2.45) is 17.3 Å². The molecule has 1 saturated heterocycles. The van der Waals surface area contributed by atoms with E-state index in [1.165, 1.54) is 11.3 Å². The van der Waals surface area contributed by atoms with Crippen LogP contribution in [0.5, 0.6) is 0 Å². The second-order valence-corrected chi connectivity index (χ2v) is 9.45. The molecule has 2 heteroatoms. The van der Waals surface area contributed by atoms with Crippen molar-refractivity contribution in [2.45, 2.75) is 67.3 Å². The summed E-state index contributed by atoms with van der Waals surface area (Å²) in [5.41, 5.74) is 3.14. The Bertz CT molecular complexity index is 414. The van der Waals surface area contributed by atoms with Crippen LogP contribution in [0.15, 0.2) is 24.4 Å². The largest absolute Gasteiger partial charge is 0.373 e. The van der Waals surface area contributed by atoms with Gasteiger partial charge in [-0.25, -0.2) is 0 Å². The predicted molar refractivity (Wildman–Crippen MR) is 104 cm³/mol. The van der Waals surface area contributed by atoms with Gasteiger partial charge in [-0.1, -0.05) is 53.3 Å². The van der Waals surface area contributed by atoms with Gasteiger partial charge in [0, 0.05) is 37.4 Å². The zero-order valence-corrected chi connectivity index (χ0v) is 17.0. The quantitative estimate of drug-likeness (QED) is 0.644. The number of rotatable bonds is 5. The molecule has 0 aliphatic carbocycles. The topological polar surface area (TPSA) is 6.48 Å². The third kappa shape index (κ3) is 5.67. The summed E-state index contributed by atoms with van der Waals surface area (Å²) in [7, 11) is 0. The fourth-order valence-electron chi connectivity index (χ4n) is 3.52. The maximum absolute atomic E-state index is 4.42. The van der Waals surface area contributed by atoms with Crippen molar-refractivity contribution in [1.82, 2.24) is 9.80 Å². The Balaban J connectivity index is 2.54. The first kappa shape index (κ1) is 20.3. The van der Waals surface area contributed by atoms with Crippen LogP contribution in [0.1, 0.15) is 61.8 Å². The molecular weight excluding hydrogens is 280 g/mol. The van der Waals surface area contributed by atoms with E-state index < -0.39 is 0 Å². The molecule has 0 bridgehead atoms. The van der Waals surface area contributed by atoms with Crippen molar-refractivity contribution >= 4 is 0 Å². The molecule has 1 aliphatic rings. The molecule has 23 heavy (non-hydrogen) atoms. The third-order valence-electron chi connectivity index (χ3n) is 5.47. The summed E-state index contributed by atoms with van der Waals surface area (Å²) in [6.45, 7) is 31.6. The van der Waals surface area contributed by atoms with Crippen LogP contribution in [0.4, 0.5) is 0 Å². The zero-order chi connectivity index (χ0) is 18.0. The molecule has 0 aromatic heterocycles. The molecule has 1 heterocycles. The monoisotopic (exact) mass is 320 g/mol. The Hall–Kier alpha value is -0.760. The lowest BCUT2D eigenvalue weighted by atomic mass is 9.77. The highest BCUT2D eigenvalue weighted by Gasteiger charge is 2.28. The van der Waals surface area contributed by atoms with Crippen molar-refractivity contribution in [3.63, 3.8) is 0 Å². The maximum Gasteiger partial charge on any atom is 0.0303 e. The van der Waals surface area contributed by atoms with Gasteiger partial charge >= 0.3 is 0 Å². The van der Waals surface area contributed by atoms with E-state index in [2.05, 4.69) is 78.3 Å². The summed E-state index contributed by atoms with van der Waals surface area (Å²) in [5.74, 6) is 1.06. The van der Waals surface area contributed by atoms with E-state index in [1.54, 1.807) is 0 Å². The first-order chi connectivity index (χ1) is 10.3. The van der Waals surface area contributed by atoms with Crippen molar-refractivity contribution < 1.29 is 0 Å². The van der Waals surface area contributed by atoms with Gasteiger partial charge in [0.1, 0.15) is 0 Å². The molecule has 0 aromatic carbocycles. The van der Waals surface area contributed by atoms with E-state index >= 15 is 0 Å². The minimum atomic E-state index is 0.193. The van der Waals surface area contributed by atoms with E-state index in [0.717, 1.165) is 32.6 Å². The summed E-state index contributed by atoms with van der Waals surface area (Å²) < 4.78 is 0. The molecule has 2 atom stereocenters. The Kier molecular flexibility index (Phi) is 6.55. The standard InChI is InChI=1S/C21H40N2/c1-16(18(3)20(5,6)7)15-17(2)19(4)22-11-13-23(14-12-22)21(8,9)10/h16-17H,3-4,11-15H2,1-2,5-10H3. The maximum atomic E-state index is 4.42. The van der Waals surface area contributed by atoms with Gasteiger partial charge in [0.15, 0.2) is 0 Å². The van der Waals surface area contributed by atoms with E-state index in [-0.39, 0.29) is 11.0 Å². The lowest BCUT2D eigenvalue weighted by Gasteiger charge is -2.44. The average molecular weight is 321 g/mol. The van der Waals surface area contributed by atoms with Crippen molar-refractivity contribution in [3.8, 4) is 0 Å². The van der Waals surface area contributed by atoms with Crippen LogP contribution in [-0.2, 0) is 0 Å². The molecular formula is C21H40N2. The Morgan fingerprint density at radius 2 is 1.35 bits per heavy atom. The van der Waals surface area contributed by atoms with Crippen molar-refractivity contribution in [2.75, 3.05) is 26.2 Å². The molecule has 134 valence electrons. The molecule has 2 unspecified atom stereocenters. The minimum absolute atomic E-state index is 0.193. The van der Waals surface area contributed by atoms with E-state index in [9.17, 15) is 0 Å². The minimum Gasteiger partial charge on any atom is -0.373 e. The van der Waals surface area contributed by atoms with Crippen LogP contribution in [0.3, 0.4) is 0 Å². The molecule has 0 amide bonds. The highest BCUT2D eigenvalue weighted by Crippen LogP contribution is 2.34. The lowest BCUT2D eigenvalue weighted by Crippen LogP contribution is -2.53. The van der Waals surface area contributed by atoms with Gasteiger partial charge in [0.2, 0.25) is 0 Å². The Morgan fingerprint density at radius 3 is 1.74 bits per heavy atom. The van der Waals surface area contributed by atoms with Crippen LogP contribution < -0.4 is 0 Å². The van der Waals surface area contributed by atoms with E-state index in [4.69, 9.17) is 0 Å². The summed E-state index contributed by atoms with van der Waals surface area (Å²) in [6, 6.07) is 0. The molecule has 0 aromatic rings. The van der Waals surface area contributed by atoms with Crippen molar-refractivity contribution in [3.05, 3.63) is 24.4 Å². The molecule has 1 aliphatic heterocycles. The van der Waals surface area contributed by atoms with Crippen molar-refractivity contribution in [1.29, 1.82) is 0 Å². The van der Waals surface area contributed by atoms with Gasteiger partial charge in [-0.2, -0.15) is 0 Å². The Labute approximate surface area is 145 Å². The zero-order valence-electron chi connectivity index (χ0n) is 17.0. The molecule has 0 saturated carbocycles.